The molecule has 0 saturated carbocycles. The van der Waals surface area contributed by atoms with Gasteiger partial charge in [-0.2, -0.15) is 0 Å². The molecule has 7 rings (SSSR count). The molecule has 1 saturated heterocycles. The van der Waals surface area contributed by atoms with Crippen LogP contribution in [0.5, 0.6) is 5.75 Å². The summed E-state index contributed by atoms with van der Waals surface area (Å²) in [6.07, 6.45) is 0. The molecule has 4 heteroatoms. The Morgan fingerprint density at radius 2 is 1.05 bits per heavy atom. The molecule has 0 spiro atoms. The van der Waals surface area contributed by atoms with E-state index in [1.165, 1.54) is 38.3 Å². The molecule has 1 heterocycles. The summed E-state index contributed by atoms with van der Waals surface area (Å²) < 4.78 is 5.30. The average molecular weight is 494 g/mol. The van der Waals surface area contributed by atoms with Crippen molar-refractivity contribution in [2.24, 2.45) is 11.8 Å². The first-order chi connectivity index (χ1) is 17.4. The Bertz CT molecular complexity index is 1350. The lowest BCUT2D eigenvalue weighted by Gasteiger charge is -2.47. The molecule has 37 heavy (non-hydrogen) atoms. The summed E-state index contributed by atoms with van der Waals surface area (Å²) in [5, 5.41) is 0. The average Bonchev–Trinajstić information content (AvgIpc) is 3.12. The molecule has 4 aliphatic rings. The summed E-state index contributed by atoms with van der Waals surface area (Å²) in [4.78, 5) is 29.6. The van der Waals surface area contributed by atoms with Crippen LogP contribution in [0, 0.1) is 11.8 Å². The van der Waals surface area contributed by atoms with Crippen LogP contribution in [0.4, 0.5) is 5.69 Å². The molecule has 3 aliphatic carbocycles. The van der Waals surface area contributed by atoms with Crippen molar-refractivity contribution in [2.45, 2.75) is 64.2 Å². The lowest BCUT2D eigenvalue weighted by molar-refractivity contribution is -0.122. The van der Waals surface area contributed by atoms with Crippen molar-refractivity contribution >= 4 is 17.5 Å². The van der Waals surface area contributed by atoms with Crippen molar-refractivity contribution in [1.82, 2.24) is 0 Å². The van der Waals surface area contributed by atoms with Gasteiger partial charge in [-0.25, -0.2) is 4.90 Å². The second-order valence-electron chi connectivity index (χ2n) is 12.9. The monoisotopic (exact) mass is 493 g/mol. The van der Waals surface area contributed by atoms with E-state index in [9.17, 15) is 9.59 Å². The Morgan fingerprint density at radius 1 is 0.622 bits per heavy atom. The van der Waals surface area contributed by atoms with Gasteiger partial charge in [-0.15, -0.1) is 0 Å². The number of ether oxygens (including phenoxy) is 1. The first-order valence-electron chi connectivity index (χ1n) is 13.2. The van der Waals surface area contributed by atoms with Crippen LogP contribution in [0.1, 0.15) is 86.8 Å². The molecule has 1 fully saturated rings. The molecule has 0 aromatic heterocycles. The molecule has 3 aromatic carbocycles. The van der Waals surface area contributed by atoms with Crippen molar-refractivity contribution < 1.29 is 14.3 Å². The smallest absolute Gasteiger partial charge is 0.238 e. The standard InChI is InChI=1S/C33H35NO3/c1-32(2,3)18-8-14-22-24(16-18)26-23-15-9-19(33(4,5)6)17-25(23)27(22)29-28(26)30(35)34(31(29)36)20-10-12-21(37-7)13-11-20/h8-17,26-29H,1-7H3/t26-,27+,28-,29-/m1/s1. The third-order valence-corrected chi connectivity index (χ3v) is 8.69. The Balaban J connectivity index is 1.55. The van der Waals surface area contributed by atoms with Gasteiger partial charge in [0.1, 0.15) is 5.75 Å². The van der Waals surface area contributed by atoms with Gasteiger partial charge in [0.15, 0.2) is 0 Å². The Hall–Kier alpha value is -3.40. The number of methoxy groups -OCH3 is 1. The summed E-state index contributed by atoms with van der Waals surface area (Å²) in [6, 6.07) is 20.7. The van der Waals surface area contributed by atoms with E-state index < -0.39 is 11.8 Å². The van der Waals surface area contributed by atoms with Crippen LogP contribution in [0.3, 0.4) is 0 Å². The van der Waals surface area contributed by atoms with E-state index in [0.29, 0.717) is 11.4 Å². The van der Waals surface area contributed by atoms with Crippen LogP contribution in [0.25, 0.3) is 0 Å². The number of rotatable bonds is 2. The molecule has 0 unspecified atom stereocenters. The third kappa shape index (κ3) is 3.41. The van der Waals surface area contributed by atoms with E-state index in [2.05, 4.69) is 77.9 Å². The zero-order valence-corrected chi connectivity index (χ0v) is 22.8. The first-order valence-corrected chi connectivity index (χ1v) is 13.2. The Labute approximate surface area is 219 Å². The lowest BCUT2D eigenvalue weighted by atomic mass is 9.54. The number of nitrogens with zero attached hydrogens (tertiary/aromatic N) is 1. The van der Waals surface area contributed by atoms with Crippen LogP contribution in [-0.2, 0) is 20.4 Å². The topological polar surface area (TPSA) is 46.6 Å². The second kappa shape index (κ2) is 7.80. The predicted molar refractivity (Wildman–Crippen MR) is 146 cm³/mol. The fourth-order valence-corrected chi connectivity index (χ4v) is 6.70. The first kappa shape index (κ1) is 24.0. The number of carbonyl (C=O) groups excluding carboxylic acids is 2. The molecule has 4 atom stereocenters. The predicted octanol–water partition coefficient (Wildman–Crippen LogP) is 6.69. The number of anilines is 1. The summed E-state index contributed by atoms with van der Waals surface area (Å²) in [5.41, 5.74) is 7.96. The molecular weight excluding hydrogens is 458 g/mol. The van der Waals surface area contributed by atoms with Crippen LogP contribution in [0.15, 0.2) is 60.7 Å². The van der Waals surface area contributed by atoms with Gasteiger partial charge in [0.05, 0.1) is 24.6 Å². The maximum atomic E-state index is 14.1. The number of hydrogen-bond acceptors (Lipinski definition) is 3. The molecule has 4 nitrogen and oxygen atoms in total. The maximum absolute atomic E-state index is 14.1. The van der Waals surface area contributed by atoms with Crippen LogP contribution >= 0.6 is 0 Å². The van der Waals surface area contributed by atoms with Crippen molar-refractivity contribution in [3.8, 4) is 5.75 Å². The molecule has 3 aromatic rings. The van der Waals surface area contributed by atoms with Crippen molar-refractivity contribution in [2.75, 3.05) is 12.0 Å². The van der Waals surface area contributed by atoms with Gasteiger partial charge in [-0.05, 0) is 68.5 Å². The minimum atomic E-state index is -0.393. The maximum Gasteiger partial charge on any atom is 0.238 e. The highest BCUT2D eigenvalue weighted by atomic mass is 16.5. The fourth-order valence-electron chi connectivity index (χ4n) is 6.70. The van der Waals surface area contributed by atoms with Crippen molar-refractivity contribution in [3.63, 3.8) is 0 Å². The summed E-state index contributed by atoms with van der Waals surface area (Å²) >= 11 is 0. The SMILES string of the molecule is COc1ccc(N2C(=O)[C@@H]3[C@@H]4c5ccc(C(C)(C)C)cc5[C@H](c5ccc(C(C)(C)C)cc54)[C@H]3C2=O)cc1. The molecule has 0 N–H and O–H groups in total. The van der Waals surface area contributed by atoms with Gasteiger partial charge in [0.25, 0.3) is 0 Å². The highest BCUT2D eigenvalue weighted by Crippen LogP contribution is 2.62. The number of carbonyl (C=O) groups is 2. The molecule has 2 bridgehead atoms. The normalized spacial score (nSPS) is 24.1. The largest absolute Gasteiger partial charge is 0.497 e. The molecule has 2 amide bonds. The Kier molecular flexibility index (Phi) is 5.05. The van der Waals surface area contributed by atoms with Gasteiger partial charge in [0, 0.05) is 11.8 Å². The van der Waals surface area contributed by atoms with E-state index in [4.69, 9.17) is 4.74 Å². The molecular formula is C33H35NO3. The zero-order valence-electron chi connectivity index (χ0n) is 22.8. The van der Waals surface area contributed by atoms with Gasteiger partial charge < -0.3 is 4.74 Å². The minimum absolute atomic E-state index is 0.00528. The fraction of sp³-hybridized carbons (Fsp3) is 0.394. The summed E-state index contributed by atoms with van der Waals surface area (Å²) in [6.45, 7) is 13.3. The summed E-state index contributed by atoms with van der Waals surface area (Å²) in [5.74, 6) is -0.526. The highest BCUT2D eigenvalue weighted by Gasteiger charge is 2.62. The van der Waals surface area contributed by atoms with E-state index in [-0.39, 0.29) is 34.5 Å². The lowest BCUT2D eigenvalue weighted by Crippen LogP contribution is -2.42. The highest BCUT2D eigenvalue weighted by molar-refractivity contribution is 6.23. The van der Waals surface area contributed by atoms with Crippen LogP contribution in [-0.4, -0.2) is 18.9 Å². The van der Waals surface area contributed by atoms with Gasteiger partial charge >= 0.3 is 0 Å². The van der Waals surface area contributed by atoms with Gasteiger partial charge in [-0.1, -0.05) is 77.9 Å². The minimum Gasteiger partial charge on any atom is -0.497 e. The van der Waals surface area contributed by atoms with Gasteiger partial charge in [-0.3, -0.25) is 9.59 Å². The second-order valence-corrected chi connectivity index (χ2v) is 12.9. The van der Waals surface area contributed by atoms with E-state index >= 15 is 0 Å². The van der Waals surface area contributed by atoms with E-state index in [1.807, 2.05) is 12.1 Å². The van der Waals surface area contributed by atoms with Crippen LogP contribution < -0.4 is 9.64 Å². The van der Waals surface area contributed by atoms with Crippen molar-refractivity contribution in [1.29, 1.82) is 0 Å². The van der Waals surface area contributed by atoms with Crippen molar-refractivity contribution in [3.05, 3.63) is 94.0 Å². The number of imide groups is 1. The quantitative estimate of drug-likeness (QED) is 0.374. The zero-order chi connectivity index (χ0) is 26.4. The van der Waals surface area contributed by atoms with Gasteiger partial charge in [0.2, 0.25) is 11.8 Å². The van der Waals surface area contributed by atoms with E-state index in [0.717, 1.165) is 0 Å². The number of benzene rings is 3. The number of amides is 2. The number of hydrogen-bond donors (Lipinski definition) is 0. The Morgan fingerprint density at radius 3 is 1.43 bits per heavy atom. The third-order valence-electron chi connectivity index (χ3n) is 8.69. The molecule has 1 aliphatic heterocycles. The molecule has 0 radical (unpaired) electrons. The van der Waals surface area contributed by atoms with Crippen LogP contribution in [0.2, 0.25) is 0 Å². The van der Waals surface area contributed by atoms with E-state index in [1.54, 1.807) is 19.2 Å². The molecule has 190 valence electrons. The summed E-state index contributed by atoms with van der Waals surface area (Å²) in [7, 11) is 1.61.